The molecule has 0 aliphatic rings. The highest BCUT2D eigenvalue weighted by atomic mass is 32.2. The molecule has 2 nitrogen and oxygen atoms in total. The molecule has 0 aromatic heterocycles. The van der Waals surface area contributed by atoms with Crippen LogP contribution >= 0.6 is 11.8 Å². The topological polar surface area (TPSA) is 29.1 Å². The van der Waals surface area contributed by atoms with Gasteiger partial charge in [0.1, 0.15) is 0 Å². The summed E-state index contributed by atoms with van der Waals surface area (Å²) in [6.45, 7) is 5.02. The summed E-state index contributed by atoms with van der Waals surface area (Å²) in [4.78, 5) is 11.0. The van der Waals surface area contributed by atoms with Gasteiger partial charge in [-0.05, 0) is 19.1 Å². The number of nitrogens with one attached hydrogen (secondary N) is 1. The monoisotopic (exact) mass is 189 g/mol. The van der Waals surface area contributed by atoms with Crippen LogP contribution in [-0.2, 0) is 4.79 Å². The molecule has 0 aliphatic carbocycles. The zero-order valence-electron chi connectivity index (χ0n) is 8.22. The van der Waals surface area contributed by atoms with Crippen LogP contribution in [0.2, 0.25) is 0 Å². The van der Waals surface area contributed by atoms with Crippen molar-refractivity contribution in [2.45, 2.75) is 38.4 Å². The summed E-state index contributed by atoms with van der Waals surface area (Å²) < 4.78 is 0. The molecule has 3 heteroatoms. The van der Waals surface area contributed by atoms with E-state index in [1.54, 1.807) is 0 Å². The van der Waals surface area contributed by atoms with Crippen LogP contribution in [0.5, 0.6) is 0 Å². The quantitative estimate of drug-likeness (QED) is 0.693. The fourth-order valence-corrected chi connectivity index (χ4v) is 1.20. The van der Waals surface area contributed by atoms with Gasteiger partial charge in [-0.25, -0.2) is 0 Å². The molecule has 0 aliphatic heterocycles. The molecule has 72 valence electrons. The number of carbonyl (C=O) groups excluding carboxylic acids is 1. The number of carbonyl (C=O) groups is 1. The fourth-order valence-electron chi connectivity index (χ4n) is 0.848. The minimum absolute atomic E-state index is 0.186. The van der Waals surface area contributed by atoms with E-state index in [4.69, 9.17) is 0 Å². The zero-order chi connectivity index (χ0) is 9.40. The summed E-state index contributed by atoms with van der Waals surface area (Å²) >= 11 is 1.84. The summed E-state index contributed by atoms with van der Waals surface area (Å²) in [7, 11) is 0. The van der Waals surface area contributed by atoms with Gasteiger partial charge in [0.05, 0.1) is 0 Å². The molecule has 1 amide bonds. The van der Waals surface area contributed by atoms with Crippen molar-refractivity contribution in [3.63, 3.8) is 0 Å². The molecule has 1 atom stereocenters. The normalized spacial score (nSPS) is 12.6. The van der Waals surface area contributed by atoms with E-state index in [0.717, 1.165) is 19.4 Å². The standard InChI is InChI=1S/C9H19NOS/c1-4-5-9(11)10-7-6-8(2)12-3/h8H,4-7H2,1-3H3,(H,10,11). The molecule has 0 spiro atoms. The SMILES string of the molecule is CCCC(=O)NCCC(C)SC. The lowest BCUT2D eigenvalue weighted by atomic mass is 10.3. The Labute approximate surface area is 79.5 Å². The molecule has 1 N–H and O–H groups in total. The lowest BCUT2D eigenvalue weighted by Crippen LogP contribution is -2.25. The summed E-state index contributed by atoms with van der Waals surface area (Å²) in [6, 6.07) is 0. The second kappa shape index (κ2) is 7.47. The molecular weight excluding hydrogens is 170 g/mol. The van der Waals surface area contributed by atoms with Crippen molar-refractivity contribution < 1.29 is 4.79 Å². The van der Waals surface area contributed by atoms with Crippen molar-refractivity contribution in [3.05, 3.63) is 0 Å². The molecule has 0 radical (unpaired) electrons. The Balaban J connectivity index is 3.24. The van der Waals surface area contributed by atoms with Gasteiger partial charge in [-0.3, -0.25) is 4.79 Å². The lowest BCUT2D eigenvalue weighted by molar-refractivity contribution is -0.121. The molecule has 1 unspecified atom stereocenters. The molecule has 0 saturated carbocycles. The Bertz CT molecular complexity index is 128. The van der Waals surface area contributed by atoms with E-state index in [1.807, 2.05) is 18.7 Å². The maximum Gasteiger partial charge on any atom is 0.219 e. The maximum atomic E-state index is 11.0. The predicted octanol–water partition coefficient (Wildman–Crippen LogP) is 2.04. The third-order valence-corrected chi connectivity index (χ3v) is 2.79. The predicted molar refractivity (Wildman–Crippen MR) is 55.5 cm³/mol. The van der Waals surface area contributed by atoms with Gasteiger partial charge in [-0.2, -0.15) is 11.8 Å². The van der Waals surface area contributed by atoms with E-state index in [1.165, 1.54) is 0 Å². The van der Waals surface area contributed by atoms with E-state index in [0.29, 0.717) is 11.7 Å². The zero-order valence-corrected chi connectivity index (χ0v) is 9.04. The van der Waals surface area contributed by atoms with E-state index in [-0.39, 0.29) is 5.91 Å². The Morgan fingerprint density at radius 3 is 2.75 bits per heavy atom. The van der Waals surface area contributed by atoms with Crippen LogP contribution in [0.15, 0.2) is 0 Å². The third kappa shape index (κ3) is 6.53. The molecule has 0 heterocycles. The molecule has 0 rings (SSSR count). The highest BCUT2D eigenvalue weighted by Gasteiger charge is 2.01. The molecule has 0 aromatic rings. The number of amides is 1. The summed E-state index contributed by atoms with van der Waals surface area (Å²) in [5, 5.41) is 3.54. The van der Waals surface area contributed by atoms with Gasteiger partial charge in [0.15, 0.2) is 0 Å². The van der Waals surface area contributed by atoms with Gasteiger partial charge < -0.3 is 5.32 Å². The third-order valence-electron chi connectivity index (χ3n) is 1.75. The van der Waals surface area contributed by atoms with Gasteiger partial charge in [-0.15, -0.1) is 0 Å². The molecule has 0 aromatic carbocycles. The number of thioether (sulfide) groups is 1. The van der Waals surface area contributed by atoms with Crippen LogP contribution in [0, 0.1) is 0 Å². The van der Waals surface area contributed by atoms with Crippen molar-refractivity contribution in [3.8, 4) is 0 Å². The van der Waals surface area contributed by atoms with Crippen LogP contribution in [0.3, 0.4) is 0 Å². The average Bonchev–Trinajstić information content (AvgIpc) is 2.04. The maximum absolute atomic E-state index is 11.0. The molecule has 12 heavy (non-hydrogen) atoms. The lowest BCUT2D eigenvalue weighted by Gasteiger charge is -2.08. The van der Waals surface area contributed by atoms with Crippen molar-refractivity contribution in [1.29, 1.82) is 0 Å². The van der Waals surface area contributed by atoms with Crippen molar-refractivity contribution in [2.75, 3.05) is 12.8 Å². The first-order chi connectivity index (χ1) is 5.70. The van der Waals surface area contributed by atoms with Gasteiger partial charge in [0, 0.05) is 18.2 Å². The number of rotatable bonds is 6. The van der Waals surface area contributed by atoms with Crippen molar-refractivity contribution >= 4 is 17.7 Å². The number of hydrogen-bond acceptors (Lipinski definition) is 2. The van der Waals surface area contributed by atoms with Crippen LogP contribution in [0.1, 0.15) is 33.1 Å². The highest BCUT2D eigenvalue weighted by molar-refractivity contribution is 7.99. The summed E-state index contributed by atoms with van der Waals surface area (Å²) in [5.74, 6) is 0.186. The van der Waals surface area contributed by atoms with Gasteiger partial charge in [-0.1, -0.05) is 13.8 Å². The largest absolute Gasteiger partial charge is 0.356 e. The molecule has 0 saturated heterocycles. The van der Waals surface area contributed by atoms with E-state index >= 15 is 0 Å². The Kier molecular flexibility index (Phi) is 7.36. The first-order valence-corrected chi connectivity index (χ1v) is 5.79. The van der Waals surface area contributed by atoms with E-state index < -0.39 is 0 Å². The van der Waals surface area contributed by atoms with Crippen LogP contribution in [-0.4, -0.2) is 24.0 Å². The summed E-state index contributed by atoms with van der Waals surface area (Å²) in [6.07, 6.45) is 4.76. The molecular formula is C9H19NOS. The highest BCUT2D eigenvalue weighted by Crippen LogP contribution is 2.07. The first-order valence-electron chi connectivity index (χ1n) is 4.50. The van der Waals surface area contributed by atoms with E-state index in [2.05, 4.69) is 18.5 Å². The molecule has 0 fully saturated rings. The molecule has 0 bridgehead atoms. The Hall–Kier alpha value is -0.180. The second-order valence-electron chi connectivity index (χ2n) is 2.93. The van der Waals surface area contributed by atoms with Crippen molar-refractivity contribution in [1.82, 2.24) is 5.32 Å². The summed E-state index contributed by atoms with van der Waals surface area (Å²) in [5.41, 5.74) is 0. The Morgan fingerprint density at radius 2 is 2.25 bits per heavy atom. The minimum atomic E-state index is 0.186. The van der Waals surface area contributed by atoms with Gasteiger partial charge in [0.25, 0.3) is 0 Å². The second-order valence-corrected chi connectivity index (χ2v) is 4.21. The first kappa shape index (κ1) is 11.8. The van der Waals surface area contributed by atoms with E-state index in [9.17, 15) is 4.79 Å². The van der Waals surface area contributed by atoms with Gasteiger partial charge in [0.2, 0.25) is 5.91 Å². The fraction of sp³-hybridized carbons (Fsp3) is 0.889. The Morgan fingerprint density at radius 1 is 1.58 bits per heavy atom. The van der Waals surface area contributed by atoms with Crippen LogP contribution in [0.25, 0.3) is 0 Å². The van der Waals surface area contributed by atoms with Crippen LogP contribution < -0.4 is 5.32 Å². The van der Waals surface area contributed by atoms with Crippen LogP contribution in [0.4, 0.5) is 0 Å². The smallest absolute Gasteiger partial charge is 0.219 e. The average molecular weight is 189 g/mol. The minimum Gasteiger partial charge on any atom is -0.356 e. The van der Waals surface area contributed by atoms with Gasteiger partial charge >= 0.3 is 0 Å². The number of hydrogen-bond donors (Lipinski definition) is 1. The van der Waals surface area contributed by atoms with Crippen molar-refractivity contribution in [2.24, 2.45) is 0 Å².